The van der Waals surface area contributed by atoms with Crippen molar-refractivity contribution in [3.8, 4) is 0 Å². The van der Waals surface area contributed by atoms with E-state index in [2.05, 4.69) is 93.2 Å². The number of hydrogen-bond acceptors (Lipinski definition) is 0. The molecule has 0 aromatic heterocycles. The van der Waals surface area contributed by atoms with Crippen molar-refractivity contribution in [3.05, 3.63) is 90.0 Å². The fourth-order valence-electron chi connectivity index (χ4n) is 3.31. The molecule has 0 aliphatic rings. The molecule has 0 fully saturated rings. The fourth-order valence-corrected chi connectivity index (χ4v) is 3.31. The summed E-state index contributed by atoms with van der Waals surface area (Å²) in [5.74, 6) is 0. The van der Waals surface area contributed by atoms with Crippen LogP contribution in [0.3, 0.4) is 0 Å². The molecule has 0 saturated heterocycles. The molecular weight excluding hydrogens is 288 g/mol. The summed E-state index contributed by atoms with van der Waals surface area (Å²) in [7, 11) is 0. The highest BCUT2D eigenvalue weighted by Gasteiger charge is 2.06. The van der Waals surface area contributed by atoms with Crippen LogP contribution in [0.1, 0.15) is 19.4 Å². The number of rotatable bonds is 2. The van der Waals surface area contributed by atoms with E-state index in [0.717, 1.165) is 5.57 Å². The maximum atomic E-state index is 4.07. The van der Waals surface area contributed by atoms with Crippen molar-refractivity contribution in [3.63, 3.8) is 0 Å². The van der Waals surface area contributed by atoms with Crippen molar-refractivity contribution in [2.45, 2.75) is 13.8 Å². The molecule has 0 radical (unpaired) electrons. The van der Waals surface area contributed by atoms with E-state index >= 15 is 0 Å². The molecule has 0 aliphatic heterocycles. The molecule has 0 heterocycles. The van der Waals surface area contributed by atoms with Crippen molar-refractivity contribution in [1.82, 2.24) is 0 Å². The van der Waals surface area contributed by atoms with Crippen LogP contribution < -0.4 is 0 Å². The van der Waals surface area contributed by atoms with Gasteiger partial charge in [0, 0.05) is 0 Å². The molecule has 0 nitrogen and oxygen atoms in total. The third kappa shape index (κ3) is 2.41. The van der Waals surface area contributed by atoms with Crippen molar-refractivity contribution in [2.24, 2.45) is 0 Å². The molecule has 24 heavy (non-hydrogen) atoms. The summed E-state index contributed by atoms with van der Waals surface area (Å²) in [6, 6.07) is 24.1. The average Bonchev–Trinajstić information content (AvgIpc) is 2.59. The molecule has 0 aliphatic carbocycles. The molecule has 4 rings (SSSR count). The summed E-state index contributed by atoms with van der Waals surface area (Å²) in [4.78, 5) is 0. The predicted octanol–water partition coefficient (Wildman–Crippen LogP) is 7.13. The molecule has 0 bridgehead atoms. The molecule has 116 valence electrons. The standard InChI is InChI=1S/C24H20/c1-16(2)17(3)13-22-10-6-9-18-11-12-21-14-19-7-4-5-8-20(19)15-23(21)24(18)22/h4-15H,1H2,2-3H3. The fraction of sp³-hybridized carbons (Fsp3) is 0.0833. The SMILES string of the molecule is C=C(C)C(C)=Cc1cccc2ccc3cc4ccccc4cc3c12. The van der Waals surface area contributed by atoms with Crippen molar-refractivity contribution in [2.75, 3.05) is 0 Å². The van der Waals surface area contributed by atoms with Crippen LogP contribution in [0.2, 0.25) is 0 Å². The van der Waals surface area contributed by atoms with Gasteiger partial charge in [0.15, 0.2) is 0 Å². The maximum absolute atomic E-state index is 4.07. The van der Waals surface area contributed by atoms with E-state index in [1.807, 2.05) is 0 Å². The summed E-state index contributed by atoms with van der Waals surface area (Å²) in [6.07, 6.45) is 2.25. The Kier molecular flexibility index (Phi) is 3.46. The minimum atomic E-state index is 1.11. The minimum Gasteiger partial charge on any atom is -0.0958 e. The lowest BCUT2D eigenvalue weighted by Crippen LogP contribution is -1.85. The van der Waals surface area contributed by atoms with Crippen LogP contribution in [-0.2, 0) is 0 Å². The first-order valence-electron chi connectivity index (χ1n) is 8.32. The predicted molar refractivity (Wildman–Crippen MR) is 107 cm³/mol. The Morgan fingerprint density at radius 3 is 2.17 bits per heavy atom. The van der Waals surface area contributed by atoms with Gasteiger partial charge in [0.1, 0.15) is 0 Å². The Morgan fingerprint density at radius 2 is 1.42 bits per heavy atom. The van der Waals surface area contributed by atoms with Gasteiger partial charge in [-0.3, -0.25) is 0 Å². The lowest BCUT2D eigenvalue weighted by Gasteiger charge is -2.10. The number of fused-ring (bicyclic) bond motifs is 4. The molecule has 0 N–H and O–H groups in total. The molecular formula is C24H20. The highest BCUT2D eigenvalue weighted by molar-refractivity contribution is 6.14. The van der Waals surface area contributed by atoms with Gasteiger partial charge >= 0.3 is 0 Å². The first-order chi connectivity index (χ1) is 11.6. The van der Waals surface area contributed by atoms with Gasteiger partial charge in [0.05, 0.1) is 0 Å². The smallest absolute Gasteiger partial charge is 0.00325 e. The van der Waals surface area contributed by atoms with E-state index in [1.54, 1.807) is 0 Å². The Balaban J connectivity index is 2.14. The third-order valence-electron chi connectivity index (χ3n) is 4.80. The van der Waals surface area contributed by atoms with Gasteiger partial charge in [0.25, 0.3) is 0 Å². The van der Waals surface area contributed by atoms with E-state index in [1.165, 1.54) is 43.5 Å². The monoisotopic (exact) mass is 308 g/mol. The van der Waals surface area contributed by atoms with Crippen LogP contribution in [0.4, 0.5) is 0 Å². The Morgan fingerprint density at radius 1 is 0.750 bits per heavy atom. The molecule has 4 aromatic rings. The largest absolute Gasteiger partial charge is 0.0958 e. The van der Waals surface area contributed by atoms with Crippen LogP contribution in [0.5, 0.6) is 0 Å². The summed E-state index contributed by atoms with van der Waals surface area (Å²) < 4.78 is 0. The van der Waals surface area contributed by atoms with Crippen LogP contribution in [0, 0.1) is 0 Å². The van der Waals surface area contributed by atoms with E-state index in [-0.39, 0.29) is 0 Å². The highest BCUT2D eigenvalue weighted by atomic mass is 14.1. The van der Waals surface area contributed by atoms with Crippen molar-refractivity contribution in [1.29, 1.82) is 0 Å². The molecule has 0 atom stereocenters. The normalized spacial score (nSPS) is 12.2. The molecule has 0 saturated carbocycles. The average molecular weight is 308 g/mol. The van der Waals surface area contributed by atoms with Crippen molar-refractivity contribution < 1.29 is 0 Å². The van der Waals surface area contributed by atoms with Gasteiger partial charge in [-0.15, -0.1) is 0 Å². The summed E-state index contributed by atoms with van der Waals surface area (Å²) in [5, 5.41) is 7.77. The lowest BCUT2D eigenvalue weighted by atomic mass is 9.94. The lowest BCUT2D eigenvalue weighted by molar-refractivity contribution is 1.39. The first kappa shape index (κ1) is 14.7. The zero-order valence-corrected chi connectivity index (χ0v) is 14.1. The Labute approximate surface area is 142 Å². The van der Waals surface area contributed by atoms with Gasteiger partial charge in [-0.2, -0.15) is 0 Å². The maximum Gasteiger partial charge on any atom is -0.00325 e. The summed E-state index contributed by atoms with van der Waals surface area (Å²) >= 11 is 0. The highest BCUT2D eigenvalue weighted by Crippen LogP contribution is 2.32. The quantitative estimate of drug-likeness (QED) is 0.210. The first-order valence-corrected chi connectivity index (χ1v) is 8.32. The molecule has 0 spiro atoms. The zero-order valence-electron chi connectivity index (χ0n) is 14.1. The number of benzene rings is 4. The van der Waals surface area contributed by atoms with Gasteiger partial charge in [-0.05, 0) is 69.4 Å². The van der Waals surface area contributed by atoms with Gasteiger partial charge < -0.3 is 0 Å². The summed E-state index contributed by atoms with van der Waals surface area (Å²) in [5.41, 5.74) is 3.59. The molecule has 0 unspecified atom stereocenters. The Bertz CT molecular complexity index is 1130. The minimum absolute atomic E-state index is 1.11. The second-order valence-electron chi connectivity index (χ2n) is 6.54. The van der Waals surface area contributed by atoms with Crippen molar-refractivity contribution >= 4 is 38.4 Å². The van der Waals surface area contributed by atoms with E-state index in [0.29, 0.717) is 0 Å². The number of hydrogen-bond donors (Lipinski definition) is 0. The van der Waals surface area contributed by atoms with Crippen LogP contribution in [0.15, 0.2) is 84.5 Å². The van der Waals surface area contributed by atoms with E-state index in [4.69, 9.17) is 0 Å². The Hall–Kier alpha value is -2.86. The molecule has 0 heteroatoms. The van der Waals surface area contributed by atoms with Crippen LogP contribution in [-0.4, -0.2) is 0 Å². The van der Waals surface area contributed by atoms with E-state index < -0.39 is 0 Å². The number of allylic oxidation sites excluding steroid dienone is 2. The second-order valence-corrected chi connectivity index (χ2v) is 6.54. The van der Waals surface area contributed by atoms with Gasteiger partial charge in [-0.1, -0.05) is 72.8 Å². The topological polar surface area (TPSA) is 0 Å². The van der Waals surface area contributed by atoms with Gasteiger partial charge in [0.2, 0.25) is 0 Å². The second kappa shape index (κ2) is 5.65. The zero-order chi connectivity index (χ0) is 16.7. The van der Waals surface area contributed by atoms with Crippen LogP contribution in [0.25, 0.3) is 38.4 Å². The molecule has 4 aromatic carbocycles. The summed E-state index contributed by atoms with van der Waals surface area (Å²) in [6.45, 7) is 8.25. The molecule has 0 amide bonds. The van der Waals surface area contributed by atoms with Crippen LogP contribution >= 0.6 is 0 Å². The van der Waals surface area contributed by atoms with E-state index in [9.17, 15) is 0 Å². The van der Waals surface area contributed by atoms with Gasteiger partial charge in [-0.25, -0.2) is 0 Å². The third-order valence-corrected chi connectivity index (χ3v) is 4.80.